The second kappa shape index (κ2) is 9.87. The largest absolute Gasteiger partial charge is 0.482 e. The Kier molecular flexibility index (Phi) is 6.47. The fraction of sp³-hybridized carbons (Fsp3) is 0.148. The summed E-state index contributed by atoms with van der Waals surface area (Å²) < 4.78 is 34.2. The molecule has 0 saturated carbocycles. The van der Waals surface area contributed by atoms with Crippen LogP contribution in [0.3, 0.4) is 0 Å². The van der Waals surface area contributed by atoms with E-state index in [2.05, 4.69) is 24.3 Å². The van der Waals surface area contributed by atoms with E-state index in [0.29, 0.717) is 33.4 Å². The molecular formula is C27H22F2N4O2S. The second-order valence-corrected chi connectivity index (χ2v) is 9.38. The lowest BCUT2D eigenvalue weighted by molar-refractivity contribution is -0.118. The monoisotopic (exact) mass is 504 g/mol. The molecule has 3 aromatic carbocycles. The molecule has 1 aliphatic heterocycles. The van der Waals surface area contributed by atoms with Gasteiger partial charge in [-0.2, -0.15) is 5.10 Å². The van der Waals surface area contributed by atoms with Crippen LogP contribution in [0.4, 0.5) is 20.2 Å². The number of amides is 1. The number of carbonyl (C=O) groups is 1. The van der Waals surface area contributed by atoms with Crippen molar-refractivity contribution in [3.05, 3.63) is 93.6 Å². The molecule has 0 bridgehead atoms. The molecule has 0 radical (unpaired) electrons. The number of nitrogens with one attached hydrogen (secondary N) is 1. The number of halogens is 2. The van der Waals surface area contributed by atoms with Gasteiger partial charge >= 0.3 is 0 Å². The van der Waals surface area contributed by atoms with Gasteiger partial charge in [0.2, 0.25) is 4.80 Å². The predicted octanol–water partition coefficient (Wildman–Crippen LogP) is 6.06. The van der Waals surface area contributed by atoms with Crippen molar-refractivity contribution in [1.29, 1.82) is 0 Å². The lowest BCUT2D eigenvalue weighted by Gasteiger charge is -2.18. The number of fused-ring (bicyclic) bond motifs is 1. The van der Waals surface area contributed by atoms with Gasteiger partial charge in [-0.25, -0.2) is 18.4 Å². The first-order chi connectivity index (χ1) is 17.4. The Hall–Kier alpha value is -4.11. The number of aromatic nitrogens is 1. The maximum atomic E-state index is 13.7. The number of anilines is 1. The highest BCUT2D eigenvalue weighted by Crippen LogP contribution is 2.33. The third-order valence-electron chi connectivity index (χ3n) is 5.64. The Morgan fingerprint density at radius 1 is 1.06 bits per heavy atom. The molecule has 0 unspecified atom stereocenters. The van der Waals surface area contributed by atoms with Crippen LogP contribution < -0.4 is 14.9 Å². The highest BCUT2D eigenvalue weighted by atomic mass is 32.1. The zero-order valence-corrected chi connectivity index (χ0v) is 20.4. The zero-order valence-electron chi connectivity index (χ0n) is 19.5. The predicted molar refractivity (Wildman–Crippen MR) is 137 cm³/mol. The van der Waals surface area contributed by atoms with Crippen LogP contribution in [0.5, 0.6) is 5.75 Å². The molecule has 5 rings (SSSR count). The van der Waals surface area contributed by atoms with Crippen LogP contribution in [0.25, 0.3) is 11.3 Å². The summed E-state index contributed by atoms with van der Waals surface area (Å²) in [5.74, 6) is -1.10. The number of hydrogen-bond acceptors (Lipinski definition) is 5. The van der Waals surface area contributed by atoms with E-state index >= 15 is 0 Å². The maximum Gasteiger partial charge on any atom is 0.262 e. The highest BCUT2D eigenvalue weighted by molar-refractivity contribution is 7.07. The fourth-order valence-corrected chi connectivity index (χ4v) is 4.55. The molecule has 1 amide bonds. The van der Waals surface area contributed by atoms with Crippen molar-refractivity contribution in [3.63, 3.8) is 0 Å². The smallest absolute Gasteiger partial charge is 0.262 e. The average molecular weight is 505 g/mol. The molecular weight excluding hydrogens is 482 g/mol. The minimum Gasteiger partial charge on any atom is -0.482 e. The zero-order chi connectivity index (χ0) is 25.2. The molecule has 36 heavy (non-hydrogen) atoms. The van der Waals surface area contributed by atoms with E-state index in [4.69, 9.17) is 9.73 Å². The van der Waals surface area contributed by atoms with Gasteiger partial charge in [0, 0.05) is 10.9 Å². The lowest BCUT2D eigenvalue weighted by atomic mass is 10.0. The van der Waals surface area contributed by atoms with Gasteiger partial charge in [0.05, 0.1) is 23.3 Å². The Labute approximate surface area is 210 Å². The highest BCUT2D eigenvalue weighted by Gasteiger charge is 2.18. The second-order valence-electron chi connectivity index (χ2n) is 8.54. The topological polar surface area (TPSA) is 68.0 Å². The van der Waals surface area contributed by atoms with E-state index < -0.39 is 11.6 Å². The van der Waals surface area contributed by atoms with Crippen LogP contribution in [-0.2, 0) is 4.79 Å². The quantitative estimate of drug-likeness (QED) is 0.336. The normalized spacial score (nSPS) is 13.7. The van der Waals surface area contributed by atoms with E-state index in [1.165, 1.54) is 29.2 Å². The Bertz CT molecular complexity index is 1540. The van der Waals surface area contributed by atoms with Crippen molar-refractivity contribution in [3.8, 4) is 17.0 Å². The van der Waals surface area contributed by atoms with Gasteiger partial charge in [-0.1, -0.05) is 32.0 Å². The van der Waals surface area contributed by atoms with E-state index in [1.807, 2.05) is 35.7 Å². The number of rotatable bonds is 5. The summed E-state index contributed by atoms with van der Waals surface area (Å²) in [5.41, 5.74) is 4.42. The van der Waals surface area contributed by atoms with E-state index in [0.717, 1.165) is 23.4 Å². The van der Waals surface area contributed by atoms with Crippen LogP contribution in [-0.4, -0.2) is 23.4 Å². The molecule has 0 saturated heterocycles. The van der Waals surface area contributed by atoms with Gasteiger partial charge in [-0.3, -0.25) is 4.79 Å². The average Bonchev–Trinajstić information content (AvgIpc) is 3.26. The molecule has 0 aliphatic carbocycles. The minimum absolute atomic E-state index is 0.0258. The molecule has 0 atom stereocenters. The first kappa shape index (κ1) is 23.6. The molecule has 182 valence electrons. The molecule has 1 N–H and O–H groups in total. The molecule has 0 spiro atoms. The van der Waals surface area contributed by atoms with Crippen molar-refractivity contribution in [2.24, 2.45) is 10.1 Å². The molecule has 2 heterocycles. The van der Waals surface area contributed by atoms with Gasteiger partial charge in [0.1, 0.15) is 5.75 Å². The molecule has 1 aromatic heterocycles. The van der Waals surface area contributed by atoms with Crippen molar-refractivity contribution in [2.75, 3.05) is 11.9 Å². The summed E-state index contributed by atoms with van der Waals surface area (Å²) in [6.07, 6.45) is 1.45. The third-order valence-corrected chi connectivity index (χ3v) is 6.46. The number of benzene rings is 3. The van der Waals surface area contributed by atoms with Crippen LogP contribution in [0.2, 0.25) is 0 Å². The van der Waals surface area contributed by atoms with E-state index in [1.54, 1.807) is 16.8 Å². The van der Waals surface area contributed by atoms with Gasteiger partial charge in [-0.15, -0.1) is 11.3 Å². The summed E-state index contributed by atoms with van der Waals surface area (Å²) in [6, 6.07) is 17.0. The van der Waals surface area contributed by atoms with Gasteiger partial charge in [0.25, 0.3) is 5.91 Å². The third kappa shape index (κ3) is 4.96. The SMILES string of the molecule is CC(C)c1ccc(N=c2scc(-c3ccc4c(c3)NC(=O)CO4)n2N=Cc2ccc(F)c(F)c2)cc1. The van der Waals surface area contributed by atoms with Crippen LogP contribution >= 0.6 is 11.3 Å². The van der Waals surface area contributed by atoms with Crippen LogP contribution in [0.15, 0.2) is 76.1 Å². The summed E-state index contributed by atoms with van der Waals surface area (Å²) in [4.78, 5) is 17.1. The Balaban J connectivity index is 1.60. The van der Waals surface area contributed by atoms with Crippen molar-refractivity contribution in [2.45, 2.75) is 19.8 Å². The first-order valence-corrected chi connectivity index (χ1v) is 12.2. The summed E-state index contributed by atoms with van der Waals surface area (Å²) >= 11 is 1.38. The van der Waals surface area contributed by atoms with Gasteiger partial charge in [-0.05, 0) is 59.5 Å². The molecule has 4 aromatic rings. The van der Waals surface area contributed by atoms with Crippen LogP contribution in [0, 0.1) is 11.6 Å². The molecule has 0 fully saturated rings. The summed E-state index contributed by atoms with van der Waals surface area (Å²) in [7, 11) is 0. The van der Waals surface area contributed by atoms with Crippen molar-refractivity contribution in [1.82, 2.24) is 4.68 Å². The Morgan fingerprint density at radius 3 is 2.61 bits per heavy atom. The molecule has 9 heteroatoms. The van der Waals surface area contributed by atoms with Crippen LogP contribution in [0.1, 0.15) is 30.9 Å². The van der Waals surface area contributed by atoms with E-state index in [-0.39, 0.29) is 12.5 Å². The lowest BCUT2D eigenvalue weighted by Crippen LogP contribution is -2.25. The minimum atomic E-state index is -0.949. The van der Waals surface area contributed by atoms with E-state index in [9.17, 15) is 13.6 Å². The number of hydrogen-bond donors (Lipinski definition) is 1. The molecule has 1 aliphatic rings. The maximum absolute atomic E-state index is 13.7. The standard InChI is InChI=1S/C27H22F2N4O2S/c1-16(2)18-4-7-20(8-5-18)31-27-33(30-13-17-3-9-21(28)22(29)11-17)24(15-36-27)19-6-10-25-23(12-19)32-26(34)14-35-25/h3-13,15-16H,14H2,1-2H3,(H,32,34). The van der Waals surface area contributed by atoms with Crippen molar-refractivity contribution >= 4 is 34.8 Å². The number of carbonyl (C=O) groups excluding carboxylic acids is 1. The number of nitrogens with zero attached hydrogens (tertiary/aromatic N) is 3. The Morgan fingerprint density at radius 2 is 1.86 bits per heavy atom. The van der Waals surface area contributed by atoms with Gasteiger partial charge < -0.3 is 10.1 Å². The van der Waals surface area contributed by atoms with Crippen molar-refractivity contribution < 1.29 is 18.3 Å². The fourth-order valence-electron chi connectivity index (χ4n) is 3.69. The first-order valence-electron chi connectivity index (χ1n) is 11.3. The summed E-state index contributed by atoms with van der Waals surface area (Å²) in [5, 5.41) is 9.26. The summed E-state index contributed by atoms with van der Waals surface area (Å²) in [6.45, 7) is 4.23. The van der Waals surface area contributed by atoms with Gasteiger partial charge in [0.15, 0.2) is 18.2 Å². The molecule has 6 nitrogen and oxygen atoms in total. The number of ether oxygens (including phenoxy) is 1. The number of thiazole rings is 1.